The molecule has 1 aromatic carbocycles. The first-order valence-electron chi connectivity index (χ1n) is 10.7. The molecular weight excluding hydrogens is 398 g/mol. The molecule has 1 saturated heterocycles. The standard InChI is InChI=1S/C24H28ClN3O2/c25-24-15-23(27-21-7-9-22(29)10-8-21)20(16-26-24)6-5-18-1-3-19(4-2-18)17-28-11-13-30-14-12-28/h1-4,15-16,21-22,29H,7-14,17H2,(H,26,27). The number of aromatic nitrogens is 1. The molecule has 4 rings (SSSR count). The predicted molar refractivity (Wildman–Crippen MR) is 120 cm³/mol. The Labute approximate surface area is 183 Å². The fourth-order valence-electron chi connectivity index (χ4n) is 3.94. The Kier molecular flexibility index (Phi) is 7.24. The van der Waals surface area contributed by atoms with Crippen LogP contribution in [0.25, 0.3) is 0 Å². The lowest BCUT2D eigenvalue weighted by Gasteiger charge is -2.27. The van der Waals surface area contributed by atoms with Crippen LogP contribution >= 0.6 is 11.6 Å². The molecule has 1 aliphatic carbocycles. The average Bonchev–Trinajstić information content (AvgIpc) is 2.77. The van der Waals surface area contributed by atoms with Crippen LogP contribution in [0.15, 0.2) is 36.5 Å². The summed E-state index contributed by atoms with van der Waals surface area (Å²) in [5.41, 5.74) is 4.01. The first-order valence-corrected chi connectivity index (χ1v) is 11.0. The largest absolute Gasteiger partial charge is 0.393 e. The van der Waals surface area contributed by atoms with Gasteiger partial charge in [0, 0.05) is 37.4 Å². The topological polar surface area (TPSA) is 57.6 Å². The zero-order valence-corrected chi connectivity index (χ0v) is 17.9. The summed E-state index contributed by atoms with van der Waals surface area (Å²) < 4.78 is 5.41. The lowest BCUT2D eigenvalue weighted by atomic mass is 9.93. The molecule has 0 spiro atoms. The molecule has 2 fully saturated rings. The van der Waals surface area contributed by atoms with Gasteiger partial charge in [0.15, 0.2) is 0 Å². The van der Waals surface area contributed by atoms with E-state index in [4.69, 9.17) is 16.3 Å². The van der Waals surface area contributed by atoms with E-state index >= 15 is 0 Å². The van der Waals surface area contributed by atoms with Crippen molar-refractivity contribution in [1.82, 2.24) is 9.88 Å². The summed E-state index contributed by atoms with van der Waals surface area (Å²) in [6.45, 7) is 4.55. The van der Waals surface area contributed by atoms with Gasteiger partial charge in [-0.3, -0.25) is 4.90 Å². The van der Waals surface area contributed by atoms with Crippen molar-refractivity contribution in [2.24, 2.45) is 0 Å². The van der Waals surface area contributed by atoms with Gasteiger partial charge in [-0.2, -0.15) is 0 Å². The van der Waals surface area contributed by atoms with Crippen molar-refractivity contribution in [1.29, 1.82) is 0 Å². The molecule has 1 aromatic heterocycles. The summed E-state index contributed by atoms with van der Waals surface area (Å²) in [4.78, 5) is 6.61. The number of aliphatic hydroxyl groups is 1. The van der Waals surface area contributed by atoms with Crippen molar-refractivity contribution >= 4 is 17.3 Å². The second-order valence-electron chi connectivity index (χ2n) is 8.04. The third-order valence-corrected chi connectivity index (χ3v) is 5.94. The van der Waals surface area contributed by atoms with Crippen molar-refractivity contribution in [3.63, 3.8) is 0 Å². The summed E-state index contributed by atoms with van der Waals surface area (Å²) in [6, 6.07) is 10.6. The van der Waals surface area contributed by atoms with Gasteiger partial charge in [0.05, 0.1) is 30.6 Å². The number of hydrogen-bond donors (Lipinski definition) is 2. The number of benzene rings is 1. The van der Waals surface area contributed by atoms with Gasteiger partial charge in [-0.05, 0) is 49.4 Å². The first-order chi connectivity index (χ1) is 14.7. The quantitative estimate of drug-likeness (QED) is 0.578. The Morgan fingerprint density at radius 1 is 1.10 bits per heavy atom. The van der Waals surface area contributed by atoms with Gasteiger partial charge < -0.3 is 15.2 Å². The van der Waals surface area contributed by atoms with Crippen LogP contribution in [-0.4, -0.2) is 53.4 Å². The fourth-order valence-corrected chi connectivity index (χ4v) is 4.10. The van der Waals surface area contributed by atoms with Crippen LogP contribution in [0.3, 0.4) is 0 Å². The summed E-state index contributed by atoms with van der Waals surface area (Å²) in [6.07, 6.45) is 5.09. The minimum Gasteiger partial charge on any atom is -0.393 e. The predicted octanol–water partition coefficient (Wildman–Crippen LogP) is 3.68. The number of halogens is 1. The average molecular weight is 426 g/mol. The molecule has 2 heterocycles. The third kappa shape index (κ3) is 5.96. The van der Waals surface area contributed by atoms with E-state index < -0.39 is 0 Å². The van der Waals surface area contributed by atoms with Crippen molar-refractivity contribution < 1.29 is 9.84 Å². The van der Waals surface area contributed by atoms with E-state index in [0.717, 1.165) is 75.3 Å². The molecule has 0 radical (unpaired) electrons. The zero-order valence-electron chi connectivity index (χ0n) is 17.1. The number of hydrogen-bond acceptors (Lipinski definition) is 5. The molecule has 0 amide bonds. The Morgan fingerprint density at radius 2 is 1.83 bits per heavy atom. The Hall–Kier alpha value is -2.10. The van der Waals surface area contributed by atoms with Gasteiger partial charge >= 0.3 is 0 Å². The monoisotopic (exact) mass is 425 g/mol. The van der Waals surface area contributed by atoms with Crippen LogP contribution in [0.2, 0.25) is 5.15 Å². The van der Waals surface area contributed by atoms with Gasteiger partial charge in [0.2, 0.25) is 0 Å². The lowest BCUT2D eigenvalue weighted by Crippen LogP contribution is -2.35. The molecule has 2 N–H and O–H groups in total. The van der Waals surface area contributed by atoms with Gasteiger partial charge in [0.25, 0.3) is 0 Å². The summed E-state index contributed by atoms with van der Waals surface area (Å²) in [5, 5.41) is 13.7. The highest BCUT2D eigenvalue weighted by molar-refractivity contribution is 6.29. The molecule has 30 heavy (non-hydrogen) atoms. The fraction of sp³-hybridized carbons (Fsp3) is 0.458. The minimum atomic E-state index is -0.172. The molecule has 1 aliphatic heterocycles. The minimum absolute atomic E-state index is 0.172. The number of pyridine rings is 1. The van der Waals surface area contributed by atoms with Crippen LogP contribution in [0.5, 0.6) is 0 Å². The van der Waals surface area contributed by atoms with Gasteiger partial charge in [0.1, 0.15) is 5.15 Å². The number of aliphatic hydroxyl groups excluding tert-OH is 1. The third-order valence-electron chi connectivity index (χ3n) is 5.73. The van der Waals surface area contributed by atoms with Crippen molar-refractivity contribution in [2.45, 2.75) is 44.4 Å². The highest BCUT2D eigenvalue weighted by Crippen LogP contribution is 2.25. The second-order valence-corrected chi connectivity index (χ2v) is 8.43. The maximum absolute atomic E-state index is 9.72. The molecule has 2 aliphatic rings. The Bertz CT molecular complexity index is 893. The Morgan fingerprint density at radius 3 is 2.57 bits per heavy atom. The summed E-state index contributed by atoms with van der Waals surface area (Å²) in [7, 11) is 0. The smallest absolute Gasteiger partial charge is 0.131 e. The molecule has 158 valence electrons. The molecule has 0 unspecified atom stereocenters. The van der Waals surface area contributed by atoms with Gasteiger partial charge in [-0.25, -0.2) is 4.98 Å². The summed E-state index contributed by atoms with van der Waals surface area (Å²) >= 11 is 6.12. The van der Waals surface area contributed by atoms with Crippen molar-refractivity contribution in [3.05, 3.63) is 58.4 Å². The maximum atomic E-state index is 9.72. The zero-order chi connectivity index (χ0) is 20.8. The van der Waals surface area contributed by atoms with Crippen molar-refractivity contribution in [3.8, 4) is 11.8 Å². The van der Waals surface area contributed by atoms with Crippen LogP contribution in [0.1, 0.15) is 42.4 Å². The first kappa shape index (κ1) is 21.1. The lowest BCUT2D eigenvalue weighted by molar-refractivity contribution is 0.0342. The molecule has 1 saturated carbocycles. The highest BCUT2D eigenvalue weighted by Gasteiger charge is 2.20. The number of anilines is 1. The van der Waals surface area contributed by atoms with E-state index in [0.29, 0.717) is 11.2 Å². The van der Waals surface area contributed by atoms with E-state index in [1.165, 1.54) is 5.56 Å². The van der Waals surface area contributed by atoms with E-state index in [1.54, 1.807) is 6.20 Å². The summed E-state index contributed by atoms with van der Waals surface area (Å²) in [5.74, 6) is 6.50. The molecular formula is C24H28ClN3O2. The van der Waals surface area contributed by atoms with E-state index in [-0.39, 0.29) is 6.10 Å². The second kappa shape index (κ2) is 10.3. The SMILES string of the molecule is OC1CCC(Nc2cc(Cl)ncc2C#Cc2ccc(CN3CCOCC3)cc2)CC1. The van der Waals surface area contributed by atoms with E-state index in [2.05, 4.69) is 51.3 Å². The van der Waals surface area contributed by atoms with Crippen LogP contribution in [0.4, 0.5) is 5.69 Å². The number of nitrogens with zero attached hydrogens (tertiary/aromatic N) is 2. The van der Waals surface area contributed by atoms with Crippen LogP contribution in [-0.2, 0) is 11.3 Å². The molecule has 2 aromatic rings. The normalized spacial score (nSPS) is 22.2. The van der Waals surface area contributed by atoms with Crippen LogP contribution < -0.4 is 5.32 Å². The molecule has 6 heteroatoms. The number of rotatable bonds is 4. The van der Waals surface area contributed by atoms with Gasteiger partial charge in [-0.1, -0.05) is 35.6 Å². The number of ether oxygens (including phenoxy) is 1. The van der Waals surface area contributed by atoms with Crippen molar-refractivity contribution in [2.75, 3.05) is 31.6 Å². The molecule has 0 bridgehead atoms. The number of nitrogens with one attached hydrogen (secondary N) is 1. The van der Waals surface area contributed by atoms with E-state index in [1.807, 2.05) is 6.07 Å². The van der Waals surface area contributed by atoms with Crippen LogP contribution in [0, 0.1) is 11.8 Å². The molecule has 0 atom stereocenters. The number of morpholine rings is 1. The van der Waals surface area contributed by atoms with Gasteiger partial charge in [-0.15, -0.1) is 0 Å². The Balaban J connectivity index is 1.42. The highest BCUT2D eigenvalue weighted by atomic mass is 35.5. The van der Waals surface area contributed by atoms with E-state index in [9.17, 15) is 5.11 Å². The maximum Gasteiger partial charge on any atom is 0.131 e. The molecule has 5 nitrogen and oxygen atoms in total.